The highest BCUT2D eigenvalue weighted by Crippen LogP contribution is 2.43. The van der Waals surface area contributed by atoms with Gasteiger partial charge in [0.1, 0.15) is 0 Å². The predicted octanol–water partition coefficient (Wildman–Crippen LogP) is 3.14. The van der Waals surface area contributed by atoms with Crippen LogP contribution in [0, 0.1) is 5.92 Å². The van der Waals surface area contributed by atoms with E-state index in [1.807, 2.05) is 0 Å². The van der Waals surface area contributed by atoms with Gasteiger partial charge in [-0.2, -0.15) is 0 Å². The van der Waals surface area contributed by atoms with Crippen molar-refractivity contribution in [2.45, 2.75) is 52.0 Å². The Morgan fingerprint density at radius 2 is 2.07 bits per heavy atom. The molecule has 0 aromatic carbocycles. The van der Waals surface area contributed by atoms with Crippen molar-refractivity contribution in [3.05, 3.63) is 22.4 Å². The molecule has 1 heterocycles. The minimum absolute atomic E-state index is 0.703. The van der Waals surface area contributed by atoms with Crippen molar-refractivity contribution in [1.82, 2.24) is 5.32 Å². The van der Waals surface area contributed by atoms with E-state index >= 15 is 0 Å². The van der Waals surface area contributed by atoms with Crippen LogP contribution in [0.5, 0.6) is 0 Å². The lowest BCUT2D eigenvalue weighted by Crippen LogP contribution is -2.32. The molecule has 1 aliphatic heterocycles. The average molecular weight is 189 g/mol. The molecule has 0 aromatic rings. The molecule has 0 radical (unpaired) electrons. The summed E-state index contributed by atoms with van der Waals surface area (Å²) in [5.41, 5.74) is 6.60. The zero-order valence-electron chi connectivity index (χ0n) is 9.19. The summed E-state index contributed by atoms with van der Waals surface area (Å²) in [6, 6.07) is 0.703. The number of fused-ring (bicyclic) bond motifs is 1. The molecule has 14 heavy (non-hydrogen) atoms. The van der Waals surface area contributed by atoms with E-state index < -0.39 is 0 Å². The first-order valence-corrected chi connectivity index (χ1v) is 5.97. The van der Waals surface area contributed by atoms with E-state index in [-0.39, 0.29) is 0 Å². The van der Waals surface area contributed by atoms with Gasteiger partial charge in [0.15, 0.2) is 0 Å². The van der Waals surface area contributed by atoms with Crippen molar-refractivity contribution in [2.75, 3.05) is 0 Å². The Kier molecular flexibility index (Phi) is 1.77. The third-order valence-corrected chi connectivity index (χ3v) is 4.27. The molecule has 2 aliphatic carbocycles. The lowest BCUT2D eigenvalue weighted by molar-refractivity contribution is 0.558. The molecule has 2 atom stereocenters. The van der Waals surface area contributed by atoms with Crippen LogP contribution in [0.1, 0.15) is 46.0 Å². The fraction of sp³-hybridized carbons (Fsp3) is 0.692. The molecule has 1 fully saturated rings. The Bertz CT molecular complexity index is 335. The maximum atomic E-state index is 3.78. The van der Waals surface area contributed by atoms with Gasteiger partial charge in [-0.3, -0.25) is 0 Å². The van der Waals surface area contributed by atoms with E-state index in [0.717, 1.165) is 5.92 Å². The number of hydrogen-bond acceptors (Lipinski definition) is 1. The summed E-state index contributed by atoms with van der Waals surface area (Å²) in [7, 11) is 0. The Hall–Kier alpha value is -0.720. The van der Waals surface area contributed by atoms with E-state index in [4.69, 9.17) is 0 Å². The second-order valence-corrected chi connectivity index (χ2v) is 5.07. The van der Waals surface area contributed by atoms with Gasteiger partial charge >= 0.3 is 0 Å². The molecule has 0 saturated heterocycles. The fourth-order valence-corrected chi connectivity index (χ4v) is 3.39. The van der Waals surface area contributed by atoms with Crippen molar-refractivity contribution in [2.24, 2.45) is 5.92 Å². The average Bonchev–Trinajstić information content (AvgIpc) is 2.75. The van der Waals surface area contributed by atoms with Crippen LogP contribution in [0.3, 0.4) is 0 Å². The van der Waals surface area contributed by atoms with Gasteiger partial charge in [-0.25, -0.2) is 0 Å². The zero-order valence-corrected chi connectivity index (χ0v) is 9.19. The fourth-order valence-electron chi connectivity index (χ4n) is 3.39. The molecule has 0 spiro atoms. The Morgan fingerprint density at radius 1 is 1.21 bits per heavy atom. The molecule has 1 nitrogen and oxygen atoms in total. The smallest absolute Gasteiger partial charge is 0.0476 e. The monoisotopic (exact) mass is 189 g/mol. The third kappa shape index (κ3) is 1.01. The van der Waals surface area contributed by atoms with Crippen LogP contribution in [-0.2, 0) is 0 Å². The minimum Gasteiger partial charge on any atom is -0.381 e. The van der Waals surface area contributed by atoms with Crippen LogP contribution < -0.4 is 5.32 Å². The quantitative estimate of drug-likeness (QED) is 0.617. The van der Waals surface area contributed by atoms with Crippen LogP contribution in [0.4, 0.5) is 0 Å². The van der Waals surface area contributed by atoms with E-state index in [0.29, 0.717) is 6.04 Å². The molecule has 0 bridgehead atoms. The largest absolute Gasteiger partial charge is 0.381 e. The highest BCUT2D eigenvalue weighted by atomic mass is 15.0. The summed E-state index contributed by atoms with van der Waals surface area (Å²) in [6.07, 6.45) is 6.75. The first kappa shape index (κ1) is 8.58. The number of nitrogens with one attached hydrogen (secondary N) is 1. The zero-order chi connectivity index (χ0) is 9.71. The van der Waals surface area contributed by atoms with Gasteiger partial charge < -0.3 is 5.32 Å². The maximum Gasteiger partial charge on any atom is 0.0476 e. The van der Waals surface area contributed by atoms with E-state index in [9.17, 15) is 0 Å². The Labute approximate surface area is 86.3 Å². The van der Waals surface area contributed by atoms with Gasteiger partial charge in [-0.05, 0) is 61.7 Å². The summed E-state index contributed by atoms with van der Waals surface area (Å²) < 4.78 is 0. The standard InChI is InChI=1S/C13H19N/c1-8-6-7-11-9(2)10-4-3-5-12(10)14-13(8)11/h8,12,14H,3-7H2,1-2H3. The summed E-state index contributed by atoms with van der Waals surface area (Å²) in [5.74, 6) is 0.780. The molecular formula is C13H19N. The van der Waals surface area contributed by atoms with Crippen molar-refractivity contribution >= 4 is 0 Å². The van der Waals surface area contributed by atoms with Crippen LogP contribution in [0.25, 0.3) is 0 Å². The second kappa shape index (κ2) is 2.88. The van der Waals surface area contributed by atoms with Crippen LogP contribution in [-0.4, -0.2) is 6.04 Å². The van der Waals surface area contributed by atoms with Crippen molar-refractivity contribution < 1.29 is 0 Å². The van der Waals surface area contributed by atoms with E-state index in [1.165, 1.54) is 32.1 Å². The Morgan fingerprint density at radius 3 is 2.93 bits per heavy atom. The molecule has 1 heteroatoms. The normalized spacial score (nSPS) is 35.9. The lowest BCUT2D eigenvalue weighted by atomic mass is 9.92. The molecule has 76 valence electrons. The highest BCUT2D eigenvalue weighted by molar-refractivity contribution is 5.47. The maximum absolute atomic E-state index is 3.78. The second-order valence-electron chi connectivity index (χ2n) is 5.07. The highest BCUT2D eigenvalue weighted by Gasteiger charge is 2.34. The van der Waals surface area contributed by atoms with Crippen molar-refractivity contribution in [3.8, 4) is 0 Å². The molecule has 1 N–H and O–H groups in total. The molecule has 0 aromatic heterocycles. The van der Waals surface area contributed by atoms with Gasteiger partial charge in [-0.15, -0.1) is 0 Å². The number of hydrogen-bond donors (Lipinski definition) is 1. The SMILES string of the molecule is CC1=C2CCCC2NC2=C1CCC2C. The van der Waals surface area contributed by atoms with Crippen molar-refractivity contribution in [1.29, 1.82) is 0 Å². The van der Waals surface area contributed by atoms with E-state index in [2.05, 4.69) is 19.2 Å². The Balaban J connectivity index is 2.05. The molecule has 3 aliphatic rings. The predicted molar refractivity (Wildman–Crippen MR) is 58.9 cm³/mol. The lowest BCUT2D eigenvalue weighted by Gasteiger charge is -2.28. The van der Waals surface area contributed by atoms with E-state index in [1.54, 1.807) is 22.4 Å². The van der Waals surface area contributed by atoms with Crippen molar-refractivity contribution in [3.63, 3.8) is 0 Å². The molecule has 3 rings (SSSR count). The molecule has 2 unspecified atom stereocenters. The van der Waals surface area contributed by atoms with Gasteiger partial charge in [0.2, 0.25) is 0 Å². The minimum atomic E-state index is 0.703. The summed E-state index contributed by atoms with van der Waals surface area (Å²) in [6.45, 7) is 4.71. The van der Waals surface area contributed by atoms with Gasteiger partial charge in [0.05, 0.1) is 0 Å². The summed E-state index contributed by atoms with van der Waals surface area (Å²) >= 11 is 0. The van der Waals surface area contributed by atoms with Crippen LogP contribution >= 0.6 is 0 Å². The molecule has 1 saturated carbocycles. The summed E-state index contributed by atoms with van der Waals surface area (Å²) in [4.78, 5) is 0. The van der Waals surface area contributed by atoms with Gasteiger partial charge in [0.25, 0.3) is 0 Å². The van der Waals surface area contributed by atoms with Gasteiger partial charge in [-0.1, -0.05) is 6.92 Å². The van der Waals surface area contributed by atoms with Gasteiger partial charge in [0, 0.05) is 11.7 Å². The van der Waals surface area contributed by atoms with Crippen LogP contribution in [0.15, 0.2) is 22.4 Å². The first-order valence-electron chi connectivity index (χ1n) is 5.97. The number of rotatable bonds is 0. The molecular weight excluding hydrogens is 170 g/mol. The molecule has 0 amide bonds. The number of allylic oxidation sites excluding steroid dienone is 3. The first-order chi connectivity index (χ1) is 6.77. The van der Waals surface area contributed by atoms with Crippen LogP contribution in [0.2, 0.25) is 0 Å². The third-order valence-electron chi connectivity index (χ3n) is 4.27. The summed E-state index contributed by atoms with van der Waals surface area (Å²) in [5, 5.41) is 3.78. The topological polar surface area (TPSA) is 12.0 Å². The number of dihydropyridines is 1.